The Labute approximate surface area is 198 Å². The summed E-state index contributed by atoms with van der Waals surface area (Å²) < 4.78 is 19.0. The fourth-order valence-corrected chi connectivity index (χ4v) is 7.14. The summed E-state index contributed by atoms with van der Waals surface area (Å²) in [5.41, 5.74) is 2.73. The van der Waals surface area contributed by atoms with Crippen molar-refractivity contribution in [3.05, 3.63) is 36.1 Å². The molecule has 0 unspecified atom stereocenters. The van der Waals surface area contributed by atoms with Crippen LogP contribution < -0.4 is 0 Å². The molecule has 3 fully saturated rings. The first-order valence-electron chi connectivity index (χ1n) is 12.6. The first kappa shape index (κ1) is 25.8. The van der Waals surface area contributed by atoms with Gasteiger partial charge >= 0.3 is 0 Å². The van der Waals surface area contributed by atoms with Crippen LogP contribution in [0.25, 0.3) is 0 Å². The second kappa shape index (κ2) is 8.43. The molecule has 182 valence electrons. The maximum absolute atomic E-state index is 6.54. The minimum Gasteiger partial charge on any atom is -0.544 e. The Balaban J connectivity index is 1.66. The molecular weight excluding hydrogens is 412 g/mol. The molecule has 0 amide bonds. The van der Waals surface area contributed by atoms with Crippen molar-refractivity contribution in [2.75, 3.05) is 6.61 Å². The van der Waals surface area contributed by atoms with Crippen molar-refractivity contribution in [3.8, 4) is 0 Å². The van der Waals surface area contributed by atoms with Crippen molar-refractivity contribution in [2.24, 2.45) is 17.3 Å². The van der Waals surface area contributed by atoms with Crippen LogP contribution in [0.1, 0.15) is 87.0 Å². The van der Waals surface area contributed by atoms with Crippen molar-refractivity contribution in [3.63, 3.8) is 0 Å². The molecule has 2 saturated carbocycles. The van der Waals surface area contributed by atoms with Gasteiger partial charge in [-0.1, -0.05) is 45.6 Å². The third kappa shape index (κ3) is 4.70. The van der Waals surface area contributed by atoms with E-state index in [1.165, 1.54) is 36.8 Å². The van der Waals surface area contributed by atoms with Gasteiger partial charge in [0.25, 0.3) is 0 Å². The second-order valence-corrected chi connectivity index (χ2v) is 17.6. The maximum atomic E-state index is 6.54. The molecule has 3 aliphatic rings. The van der Waals surface area contributed by atoms with Crippen molar-refractivity contribution < 1.29 is 13.9 Å². The third-order valence-corrected chi connectivity index (χ3v) is 13.6. The molecule has 32 heavy (non-hydrogen) atoms. The van der Waals surface area contributed by atoms with E-state index in [1.807, 2.05) is 0 Å². The lowest BCUT2D eigenvalue weighted by molar-refractivity contribution is -0.180. The Bertz CT molecular complexity index is 787. The summed E-state index contributed by atoms with van der Waals surface area (Å²) in [6, 6.07) is 0. The molecule has 0 aromatic heterocycles. The number of rotatable bonds is 7. The molecule has 0 aromatic carbocycles. The van der Waals surface area contributed by atoms with E-state index in [0.717, 1.165) is 25.2 Å². The van der Waals surface area contributed by atoms with E-state index in [0.29, 0.717) is 11.8 Å². The zero-order valence-corrected chi connectivity index (χ0v) is 23.3. The Morgan fingerprint density at radius 1 is 1.16 bits per heavy atom. The van der Waals surface area contributed by atoms with Crippen molar-refractivity contribution in [1.29, 1.82) is 0 Å². The zero-order valence-electron chi connectivity index (χ0n) is 22.3. The molecule has 3 rings (SSSR count). The summed E-state index contributed by atoms with van der Waals surface area (Å²) in [5, 5.41) is 0.183. The van der Waals surface area contributed by atoms with Crippen molar-refractivity contribution >= 4 is 8.32 Å². The largest absolute Gasteiger partial charge is 0.544 e. The predicted molar refractivity (Wildman–Crippen MR) is 137 cm³/mol. The third-order valence-electron chi connectivity index (χ3n) is 9.25. The monoisotopic (exact) mass is 460 g/mol. The molecule has 0 aromatic rings. The predicted octanol–water partition coefficient (Wildman–Crippen LogP) is 8.15. The van der Waals surface area contributed by atoms with Gasteiger partial charge in [0.05, 0.1) is 18.0 Å². The quantitative estimate of drug-likeness (QED) is 0.166. The van der Waals surface area contributed by atoms with Gasteiger partial charge < -0.3 is 13.9 Å². The number of allylic oxidation sites excluding steroid dienone is 3. The maximum Gasteiger partial charge on any atom is 0.250 e. The zero-order chi connectivity index (χ0) is 24.2. The highest BCUT2D eigenvalue weighted by atomic mass is 28.4. The Hall–Kier alpha value is -0.843. The molecule has 0 radical (unpaired) electrons. The summed E-state index contributed by atoms with van der Waals surface area (Å²) in [7, 11) is -1.85. The van der Waals surface area contributed by atoms with Crippen LogP contribution in [0.3, 0.4) is 0 Å². The van der Waals surface area contributed by atoms with E-state index >= 15 is 0 Å². The van der Waals surface area contributed by atoms with Crippen molar-refractivity contribution in [1.82, 2.24) is 0 Å². The first-order chi connectivity index (χ1) is 14.5. The molecule has 4 heteroatoms. The van der Waals surface area contributed by atoms with Gasteiger partial charge in [0.1, 0.15) is 0 Å². The van der Waals surface area contributed by atoms with Crippen LogP contribution in [0.15, 0.2) is 36.1 Å². The summed E-state index contributed by atoms with van der Waals surface area (Å²) in [4.78, 5) is 0. The highest BCUT2D eigenvalue weighted by Crippen LogP contribution is 2.64. The minimum absolute atomic E-state index is 0.0890. The van der Waals surface area contributed by atoms with Crippen LogP contribution in [0.2, 0.25) is 18.1 Å². The number of hydrogen-bond donors (Lipinski definition) is 0. The SMILES string of the molecule is C=C(O[Si](C)(C)C(C)(C)C)/C(C)=C/CC[C@H]1C[C@@H]2C[C@@]1(C(=C)C)CC[C@]21COC(C)(C)O1. The molecule has 1 saturated heterocycles. The lowest BCUT2D eigenvalue weighted by Crippen LogP contribution is -2.45. The van der Waals surface area contributed by atoms with Gasteiger partial charge in [-0.3, -0.25) is 0 Å². The fourth-order valence-electron chi connectivity index (χ4n) is 6.06. The standard InChI is InChI=1S/C28H48O3Si/c1-20(2)27-15-16-28(19-29-26(8,9)31-28)24(18-27)17-23(27)14-12-13-21(3)22(4)30-32(10,11)25(5,6)7/h13,23-24H,1,4,12,14-19H2,2-3,5-11H3/b21-13+/t23-,24+,27+,28-/m0/s1. The molecule has 1 aliphatic heterocycles. The van der Waals surface area contributed by atoms with Gasteiger partial charge in [0, 0.05) is 0 Å². The van der Waals surface area contributed by atoms with Crippen LogP contribution in [0.5, 0.6) is 0 Å². The van der Waals surface area contributed by atoms with Gasteiger partial charge in [0.15, 0.2) is 5.79 Å². The van der Waals surface area contributed by atoms with E-state index in [4.69, 9.17) is 13.9 Å². The minimum atomic E-state index is -1.85. The van der Waals surface area contributed by atoms with Crippen LogP contribution in [-0.2, 0) is 13.9 Å². The molecule has 0 N–H and O–H groups in total. The highest BCUT2D eigenvalue weighted by molar-refractivity contribution is 6.74. The second-order valence-electron chi connectivity index (χ2n) is 12.9. The highest BCUT2D eigenvalue weighted by Gasteiger charge is 2.62. The van der Waals surface area contributed by atoms with Gasteiger partial charge in [-0.25, -0.2) is 0 Å². The summed E-state index contributed by atoms with van der Waals surface area (Å²) in [6.07, 6.45) is 9.29. The number of fused-ring (bicyclic) bond motifs is 3. The Kier molecular flexibility index (Phi) is 6.79. The van der Waals surface area contributed by atoms with Gasteiger partial charge in [0.2, 0.25) is 8.32 Å². The molecule has 1 heterocycles. The Morgan fingerprint density at radius 2 is 1.81 bits per heavy atom. The fraction of sp³-hybridized carbons (Fsp3) is 0.786. The lowest BCUT2D eigenvalue weighted by atomic mass is 9.63. The molecule has 1 spiro atoms. The van der Waals surface area contributed by atoms with Gasteiger partial charge in [-0.15, -0.1) is 0 Å². The van der Waals surface area contributed by atoms with Crippen LogP contribution in [0, 0.1) is 17.3 Å². The molecule has 2 aliphatic carbocycles. The topological polar surface area (TPSA) is 27.7 Å². The molecule has 2 bridgehead atoms. The van der Waals surface area contributed by atoms with Crippen LogP contribution >= 0.6 is 0 Å². The van der Waals surface area contributed by atoms with E-state index in [2.05, 4.69) is 80.8 Å². The molecule has 3 nitrogen and oxygen atoms in total. The summed E-state index contributed by atoms with van der Waals surface area (Å²) >= 11 is 0. The van der Waals surface area contributed by atoms with Crippen LogP contribution in [-0.4, -0.2) is 26.3 Å². The summed E-state index contributed by atoms with van der Waals surface area (Å²) in [6.45, 7) is 29.4. The lowest BCUT2D eigenvalue weighted by Gasteiger charge is -2.45. The normalized spacial score (nSPS) is 34.7. The number of ether oxygens (including phenoxy) is 2. The van der Waals surface area contributed by atoms with E-state index in [1.54, 1.807) is 0 Å². The first-order valence-corrected chi connectivity index (χ1v) is 15.5. The molecule has 4 atom stereocenters. The van der Waals surface area contributed by atoms with Crippen LogP contribution in [0.4, 0.5) is 0 Å². The number of hydrogen-bond acceptors (Lipinski definition) is 3. The van der Waals surface area contributed by atoms with Gasteiger partial charge in [-0.05, 0) is 107 Å². The van der Waals surface area contributed by atoms with Crippen molar-refractivity contribution in [2.45, 2.75) is 117 Å². The van der Waals surface area contributed by atoms with E-state index in [9.17, 15) is 0 Å². The summed E-state index contributed by atoms with van der Waals surface area (Å²) in [5.74, 6) is 1.64. The van der Waals surface area contributed by atoms with E-state index < -0.39 is 14.1 Å². The Morgan fingerprint density at radius 3 is 2.34 bits per heavy atom. The van der Waals surface area contributed by atoms with E-state index in [-0.39, 0.29) is 16.1 Å². The average Bonchev–Trinajstić information content (AvgIpc) is 3.14. The smallest absolute Gasteiger partial charge is 0.250 e. The molecular formula is C28H48O3Si. The average molecular weight is 461 g/mol. The van der Waals surface area contributed by atoms with Gasteiger partial charge in [-0.2, -0.15) is 0 Å².